The van der Waals surface area contributed by atoms with Crippen molar-refractivity contribution in [3.05, 3.63) is 70.9 Å². The fourth-order valence-corrected chi connectivity index (χ4v) is 3.66. The summed E-state index contributed by atoms with van der Waals surface area (Å²) in [5.41, 5.74) is 1.48. The molecule has 29 heavy (non-hydrogen) atoms. The van der Waals surface area contributed by atoms with E-state index in [0.29, 0.717) is 21.9 Å². The minimum absolute atomic E-state index is 0.0708. The van der Waals surface area contributed by atoms with E-state index in [1.807, 2.05) is 0 Å². The molecular formula is C21H14FNO5S. The summed E-state index contributed by atoms with van der Waals surface area (Å²) in [6, 6.07) is 13.9. The van der Waals surface area contributed by atoms with Crippen LogP contribution in [0.2, 0.25) is 0 Å². The van der Waals surface area contributed by atoms with Crippen LogP contribution in [0, 0.1) is 5.82 Å². The van der Waals surface area contributed by atoms with Crippen LogP contribution in [0.15, 0.2) is 54.6 Å². The van der Waals surface area contributed by atoms with Gasteiger partial charge in [-0.2, -0.15) is 0 Å². The summed E-state index contributed by atoms with van der Waals surface area (Å²) in [5, 5.41) is 2.62. The number of anilines is 1. The molecular weight excluding hydrogens is 397 g/mol. The number of esters is 1. The summed E-state index contributed by atoms with van der Waals surface area (Å²) in [6.45, 7) is -0.505. The van der Waals surface area contributed by atoms with Crippen molar-refractivity contribution < 1.29 is 28.2 Å². The van der Waals surface area contributed by atoms with Crippen LogP contribution in [0.1, 0.15) is 20.0 Å². The number of hydrogen-bond acceptors (Lipinski definition) is 6. The van der Waals surface area contributed by atoms with Gasteiger partial charge in [0.05, 0.1) is 5.69 Å². The van der Waals surface area contributed by atoms with Gasteiger partial charge in [0.25, 0.3) is 5.91 Å². The van der Waals surface area contributed by atoms with Gasteiger partial charge >= 0.3 is 5.97 Å². The van der Waals surface area contributed by atoms with Crippen LogP contribution >= 0.6 is 11.3 Å². The molecule has 1 aliphatic heterocycles. The smallest absolute Gasteiger partial charge is 0.348 e. The molecule has 1 amide bonds. The maximum Gasteiger partial charge on any atom is 0.348 e. The largest absolute Gasteiger partial charge is 0.482 e. The first-order valence-corrected chi connectivity index (χ1v) is 9.44. The van der Waals surface area contributed by atoms with Gasteiger partial charge in [0.2, 0.25) is 0 Å². The first kappa shape index (κ1) is 18.8. The predicted octanol–water partition coefficient (Wildman–Crippen LogP) is 3.92. The minimum atomic E-state index is -0.619. The Morgan fingerprint density at radius 3 is 2.69 bits per heavy atom. The lowest BCUT2D eigenvalue weighted by molar-refractivity contribution is -0.118. The molecule has 0 bridgehead atoms. The molecule has 0 saturated carbocycles. The Morgan fingerprint density at radius 2 is 1.90 bits per heavy atom. The third kappa shape index (κ3) is 4.17. The molecule has 1 aromatic heterocycles. The molecule has 146 valence electrons. The second-order valence-electron chi connectivity index (χ2n) is 6.22. The summed E-state index contributed by atoms with van der Waals surface area (Å²) >= 11 is 1.19. The van der Waals surface area contributed by atoms with Crippen LogP contribution in [-0.2, 0) is 9.53 Å². The standard InChI is InChI=1S/C21H14FNO5S/c22-14-4-1-12(2-5-14)18-7-8-19(29-18)21(26)28-10-16(24)13-3-6-17-15(9-13)23-20(25)11-27-17/h1-9H,10-11H2,(H,23,25). The second kappa shape index (κ2) is 7.84. The van der Waals surface area contributed by atoms with Gasteiger partial charge in [0, 0.05) is 10.4 Å². The molecule has 0 unspecified atom stereocenters. The molecule has 4 rings (SSSR count). The van der Waals surface area contributed by atoms with Gasteiger partial charge in [-0.1, -0.05) is 12.1 Å². The number of fused-ring (bicyclic) bond motifs is 1. The van der Waals surface area contributed by atoms with Gasteiger partial charge in [-0.05, 0) is 48.0 Å². The van der Waals surface area contributed by atoms with Gasteiger partial charge in [-0.3, -0.25) is 9.59 Å². The third-order valence-corrected chi connectivity index (χ3v) is 5.32. The molecule has 6 nitrogen and oxygen atoms in total. The van der Waals surface area contributed by atoms with Crippen molar-refractivity contribution in [1.29, 1.82) is 0 Å². The van der Waals surface area contributed by atoms with E-state index in [2.05, 4.69) is 5.32 Å². The number of halogens is 1. The number of ketones is 1. The van der Waals surface area contributed by atoms with Crippen molar-refractivity contribution in [3.8, 4) is 16.2 Å². The molecule has 2 aromatic carbocycles. The number of benzene rings is 2. The van der Waals surface area contributed by atoms with Crippen molar-refractivity contribution >= 4 is 34.7 Å². The van der Waals surface area contributed by atoms with E-state index in [4.69, 9.17) is 9.47 Å². The number of carbonyl (C=O) groups excluding carboxylic acids is 3. The highest BCUT2D eigenvalue weighted by Crippen LogP contribution is 2.30. The predicted molar refractivity (Wildman–Crippen MR) is 105 cm³/mol. The number of thiophene rings is 1. The van der Waals surface area contributed by atoms with E-state index >= 15 is 0 Å². The first-order valence-electron chi connectivity index (χ1n) is 8.62. The third-order valence-electron chi connectivity index (χ3n) is 4.20. The quantitative estimate of drug-likeness (QED) is 0.508. The van der Waals surface area contributed by atoms with Gasteiger partial charge < -0.3 is 14.8 Å². The van der Waals surface area contributed by atoms with Crippen LogP contribution in [0.5, 0.6) is 5.75 Å². The normalized spacial score (nSPS) is 12.5. The fourth-order valence-electron chi connectivity index (χ4n) is 2.76. The number of hydrogen-bond donors (Lipinski definition) is 1. The summed E-state index contributed by atoms with van der Waals surface area (Å²) in [4.78, 5) is 37.1. The highest BCUT2D eigenvalue weighted by Gasteiger charge is 2.19. The highest BCUT2D eigenvalue weighted by molar-refractivity contribution is 7.17. The molecule has 0 spiro atoms. The monoisotopic (exact) mass is 411 g/mol. The summed E-state index contributed by atoms with van der Waals surface area (Å²) in [5.74, 6) is -1.19. The molecule has 0 radical (unpaired) electrons. The molecule has 1 N–H and O–H groups in total. The lowest BCUT2D eigenvalue weighted by Crippen LogP contribution is -2.25. The van der Waals surface area contributed by atoms with E-state index in [1.54, 1.807) is 36.4 Å². The highest BCUT2D eigenvalue weighted by atomic mass is 32.1. The summed E-state index contributed by atoms with van der Waals surface area (Å²) in [6.07, 6.45) is 0. The first-order chi connectivity index (χ1) is 14.0. The van der Waals surface area contributed by atoms with E-state index in [1.165, 1.54) is 29.5 Å². The molecule has 0 aliphatic carbocycles. The second-order valence-corrected chi connectivity index (χ2v) is 7.30. The van der Waals surface area contributed by atoms with E-state index in [9.17, 15) is 18.8 Å². The molecule has 2 heterocycles. The zero-order chi connectivity index (χ0) is 20.4. The van der Waals surface area contributed by atoms with Crippen LogP contribution in [-0.4, -0.2) is 30.9 Å². The van der Waals surface area contributed by atoms with E-state index in [0.717, 1.165) is 10.4 Å². The Bertz CT molecular complexity index is 1110. The molecule has 3 aromatic rings. The minimum Gasteiger partial charge on any atom is -0.482 e. The van der Waals surface area contributed by atoms with Gasteiger partial charge in [-0.25, -0.2) is 9.18 Å². The molecule has 0 saturated heterocycles. The zero-order valence-corrected chi connectivity index (χ0v) is 15.8. The zero-order valence-electron chi connectivity index (χ0n) is 14.9. The Kier molecular flexibility index (Phi) is 5.09. The van der Waals surface area contributed by atoms with Crippen molar-refractivity contribution in [3.63, 3.8) is 0 Å². The lowest BCUT2D eigenvalue weighted by atomic mass is 10.1. The van der Waals surface area contributed by atoms with E-state index < -0.39 is 18.4 Å². The maximum absolute atomic E-state index is 13.0. The van der Waals surface area contributed by atoms with Crippen molar-refractivity contribution in [1.82, 2.24) is 0 Å². The SMILES string of the molecule is O=C1COc2ccc(C(=O)COC(=O)c3ccc(-c4ccc(F)cc4)s3)cc2N1. The number of amides is 1. The maximum atomic E-state index is 13.0. The average Bonchev–Trinajstić information content (AvgIpc) is 3.22. The summed E-state index contributed by atoms with van der Waals surface area (Å²) < 4.78 is 23.4. The van der Waals surface area contributed by atoms with E-state index in [-0.39, 0.29) is 18.3 Å². The summed E-state index contributed by atoms with van der Waals surface area (Å²) in [7, 11) is 0. The Balaban J connectivity index is 1.40. The molecule has 8 heteroatoms. The molecule has 0 atom stereocenters. The number of nitrogens with one attached hydrogen (secondary N) is 1. The van der Waals surface area contributed by atoms with Gasteiger partial charge in [0.15, 0.2) is 19.0 Å². The Morgan fingerprint density at radius 1 is 1.10 bits per heavy atom. The van der Waals surface area contributed by atoms with Crippen LogP contribution < -0.4 is 10.1 Å². The van der Waals surface area contributed by atoms with Crippen molar-refractivity contribution in [2.45, 2.75) is 0 Å². The van der Waals surface area contributed by atoms with Crippen LogP contribution in [0.3, 0.4) is 0 Å². The number of ether oxygens (including phenoxy) is 2. The molecule has 0 fully saturated rings. The number of Topliss-reactive ketones (excluding diaryl/α,β-unsaturated/α-hetero) is 1. The number of carbonyl (C=O) groups is 3. The Hall–Kier alpha value is -3.52. The topological polar surface area (TPSA) is 81.7 Å². The van der Waals surface area contributed by atoms with Crippen LogP contribution in [0.4, 0.5) is 10.1 Å². The van der Waals surface area contributed by atoms with Crippen molar-refractivity contribution in [2.75, 3.05) is 18.5 Å². The van der Waals surface area contributed by atoms with Gasteiger partial charge in [-0.15, -0.1) is 11.3 Å². The Labute approximate surface area is 168 Å². The fraction of sp³-hybridized carbons (Fsp3) is 0.0952. The van der Waals surface area contributed by atoms with Crippen molar-refractivity contribution in [2.24, 2.45) is 0 Å². The lowest BCUT2D eigenvalue weighted by Gasteiger charge is -2.18. The molecule has 1 aliphatic rings. The van der Waals surface area contributed by atoms with Crippen LogP contribution in [0.25, 0.3) is 10.4 Å². The number of rotatable bonds is 5. The van der Waals surface area contributed by atoms with Gasteiger partial charge in [0.1, 0.15) is 16.4 Å². The average molecular weight is 411 g/mol.